The molecule has 1 aromatic carbocycles. The lowest BCUT2D eigenvalue weighted by molar-refractivity contribution is -0.133. The second-order valence-corrected chi connectivity index (χ2v) is 7.95. The molecule has 1 aliphatic rings. The average Bonchev–Trinajstić information content (AvgIpc) is 2.57. The van der Waals surface area contributed by atoms with E-state index in [1.54, 1.807) is 0 Å². The van der Waals surface area contributed by atoms with Gasteiger partial charge in [-0.05, 0) is 48.6 Å². The fourth-order valence-corrected chi connectivity index (χ4v) is 3.29. The lowest BCUT2D eigenvalue weighted by atomic mass is 9.86. The third-order valence-corrected chi connectivity index (χ3v) is 4.88. The lowest BCUT2D eigenvalue weighted by Gasteiger charge is -2.32. The van der Waals surface area contributed by atoms with Crippen molar-refractivity contribution in [2.75, 3.05) is 26.3 Å². The Morgan fingerprint density at radius 3 is 2.58 bits per heavy atom. The van der Waals surface area contributed by atoms with Crippen molar-refractivity contribution < 1.29 is 9.53 Å². The van der Waals surface area contributed by atoms with E-state index in [1.807, 2.05) is 11.8 Å². The van der Waals surface area contributed by atoms with Gasteiger partial charge in [0.15, 0.2) is 0 Å². The average molecular weight is 332 g/mol. The van der Waals surface area contributed by atoms with Crippen LogP contribution in [0.15, 0.2) is 24.3 Å². The summed E-state index contributed by atoms with van der Waals surface area (Å²) in [6.45, 7) is 12.0. The molecule has 1 fully saturated rings. The second-order valence-electron chi connectivity index (χ2n) is 7.95. The van der Waals surface area contributed by atoms with Gasteiger partial charge in [-0.3, -0.25) is 4.79 Å². The van der Waals surface area contributed by atoms with Gasteiger partial charge in [-0.2, -0.15) is 0 Å². The molecule has 1 saturated heterocycles. The molecular formula is C21H33NO2. The zero-order valence-electron chi connectivity index (χ0n) is 15.8. The molecule has 1 unspecified atom stereocenters. The van der Waals surface area contributed by atoms with Gasteiger partial charge in [-0.15, -0.1) is 0 Å². The number of amides is 1. The monoisotopic (exact) mass is 331 g/mol. The van der Waals surface area contributed by atoms with Crippen molar-refractivity contribution in [1.82, 2.24) is 4.90 Å². The van der Waals surface area contributed by atoms with Crippen molar-refractivity contribution in [3.63, 3.8) is 0 Å². The smallest absolute Gasteiger partial charge is 0.222 e. The van der Waals surface area contributed by atoms with Crippen LogP contribution in [-0.2, 0) is 21.4 Å². The molecule has 0 aliphatic carbocycles. The quantitative estimate of drug-likeness (QED) is 0.782. The van der Waals surface area contributed by atoms with Gasteiger partial charge in [0.05, 0.1) is 6.61 Å². The van der Waals surface area contributed by atoms with Gasteiger partial charge in [-0.25, -0.2) is 0 Å². The molecule has 0 spiro atoms. The summed E-state index contributed by atoms with van der Waals surface area (Å²) in [6.07, 6.45) is 3.72. The predicted molar refractivity (Wildman–Crippen MR) is 99.3 cm³/mol. The number of hydrogen-bond donors (Lipinski definition) is 0. The van der Waals surface area contributed by atoms with Crippen LogP contribution in [0.4, 0.5) is 0 Å². The first-order valence-corrected chi connectivity index (χ1v) is 9.35. The van der Waals surface area contributed by atoms with E-state index < -0.39 is 0 Å². The van der Waals surface area contributed by atoms with Gasteiger partial charge in [-0.1, -0.05) is 45.0 Å². The number of rotatable bonds is 6. The van der Waals surface area contributed by atoms with Crippen LogP contribution < -0.4 is 0 Å². The summed E-state index contributed by atoms with van der Waals surface area (Å²) >= 11 is 0. The first-order chi connectivity index (χ1) is 11.4. The van der Waals surface area contributed by atoms with Crippen LogP contribution in [0, 0.1) is 5.92 Å². The van der Waals surface area contributed by atoms with Crippen LogP contribution in [0.1, 0.15) is 58.1 Å². The molecule has 3 nitrogen and oxygen atoms in total. The standard InChI is InChI=1S/C21H33NO2/c1-5-24-16-18-7-6-14-22(15-18)20(23)13-10-17-8-11-19(12-9-17)21(2,3)4/h8-9,11-12,18H,5-7,10,13-16H2,1-4H3. The van der Waals surface area contributed by atoms with E-state index >= 15 is 0 Å². The number of hydrogen-bond acceptors (Lipinski definition) is 2. The van der Waals surface area contributed by atoms with Crippen molar-refractivity contribution in [2.24, 2.45) is 5.92 Å². The summed E-state index contributed by atoms with van der Waals surface area (Å²) in [5.41, 5.74) is 2.77. The highest BCUT2D eigenvalue weighted by Gasteiger charge is 2.23. The molecular weight excluding hydrogens is 298 g/mol. The van der Waals surface area contributed by atoms with Crippen molar-refractivity contribution in [1.29, 1.82) is 0 Å². The van der Waals surface area contributed by atoms with Crippen molar-refractivity contribution in [3.8, 4) is 0 Å². The highest BCUT2D eigenvalue weighted by molar-refractivity contribution is 5.76. The molecule has 0 radical (unpaired) electrons. The Labute approximate surface area is 147 Å². The first-order valence-electron chi connectivity index (χ1n) is 9.35. The van der Waals surface area contributed by atoms with Gasteiger partial charge in [0, 0.05) is 26.1 Å². The maximum atomic E-state index is 12.5. The van der Waals surface area contributed by atoms with E-state index in [9.17, 15) is 4.79 Å². The molecule has 0 saturated carbocycles. The maximum absolute atomic E-state index is 12.5. The van der Waals surface area contributed by atoms with Gasteiger partial charge in [0.2, 0.25) is 5.91 Å². The lowest BCUT2D eigenvalue weighted by Crippen LogP contribution is -2.41. The molecule has 134 valence electrons. The minimum absolute atomic E-state index is 0.178. The molecule has 1 heterocycles. The first kappa shape index (κ1) is 19.0. The minimum atomic E-state index is 0.178. The van der Waals surface area contributed by atoms with Gasteiger partial charge >= 0.3 is 0 Å². The Hall–Kier alpha value is -1.35. The van der Waals surface area contributed by atoms with Gasteiger partial charge in [0.25, 0.3) is 0 Å². The summed E-state index contributed by atoms with van der Waals surface area (Å²) < 4.78 is 5.53. The Morgan fingerprint density at radius 1 is 1.25 bits per heavy atom. The fraction of sp³-hybridized carbons (Fsp3) is 0.667. The topological polar surface area (TPSA) is 29.5 Å². The Bertz CT molecular complexity index is 516. The number of ether oxygens (including phenoxy) is 1. The SMILES string of the molecule is CCOCC1CCCN(C(=O)CCc2ccc(C(C)(C)C)cc2)C1. The van der Waals surface area contributed by atoms with Crippen LogP contribution in [0.5, 0.6) is 0 Å². The molecule has 1 aliphatic heterocycles. The largest absolute Gasteiger partial charge is 0.381 e. The van der Waals surface area contributed by atoms with Crippen LogP contribution >= 0.6 is 0 Å². The number of aryl methyl sites for hydroxylation is 1. The van der Waals surface area contributed by atoms with E-state index in [0.717, 1.165) is 39.1 Å². The molecule has 2 rings (SSSR count). The van der Waals surface area contributed by atoms with E-state index in [1.165, 1.54) is 17.5 Å². The second kappa shape index (κ2) is 8.66. The van der Waals surface area contributed by atoms with Crippen LogP contribution in [0.25, 0.3) is 0 Å². The van der Waals surface area contributed by atoms with Crippen molar-refractivity contribution >= 4 is 5.91 Å². The zero-order chi connectivity index (χ0) is 17.6. The van der Waals surface area contributed by atoms with Crippen molar-refractivity contribution in [2.45, 2.75) is 58.8 Å². The molecule has 0 bridgehead atoms. The van der Waals surface area contributed by atoms with Gasteiger partial charge < -0.3 is 9.64 Å². The number of benzene rings is 1. The van der Waals surface area contributed by atoms with Crippen LogP contribution in [-0.4, -0.2) is 37.1 Å². The molecule has 24 heavy (non-hydrogen) atoms. The van der Waals surface area contributed by atoms with E-state index in [4.69, 9.17) is 4.74 Å². The number of carbonyl (C=O) groups excluding carboxylic acids is 1. The summed E-state index contributed by atoms with van der Waals surface area (Å²) in [4.78, 5) is 14.5. The number of likely N-dealkylation sites (tertiary alicyclic amines) is 1. The molecule has 1 aromatic rings. The molecule has 3 heteroatoms. The summed E-state index contributed by atoms with van der Waals surface area (Å²) in [6, 6.07) is 8.72. The molecule has 1 atom stereocenters. The van der Waals surface area contributed by atoms with Crippen LogP contribution in [0.2, 0.25) is 0 Å². The summed E-state index contributed by atoms with van der Waals surface area (Å²) in [5.74, 6) is 0.796. The normalized spacial score (nSPS) is 18.7. The summed E-state index contributed by atoms with van der Waals surface area (Å²) in [5, 5.41) is 0. The highest BCUT2D eigenvalue weighted by Crippen LogP contribution is 2.23. The highest BCUT2D eigenvalue weighted by atomic mass is 16.5. The van der Waals surface area contributed by atoms with E-state index in [0.29, 0.717) is 12.3 Å². The number of carbonyl (C=O) groups is 1. The molecule has 0 N–H and O–H groups in total. The Morgan fingerprint density at radius 2 is 1.96 bits per heavy atom. The third kappa shape index (κ3) is 5.62. The Balaban J connectivity index is 1.82. The van der Waals surface area contributed by atoms with Gasteiger partial charge in [0.1, 0.15) is 0 Å². The predicted octanol–water partition coefficient (Wildman–Crippen LogP) is 4.19. The summed E-state index contributed by atoms with van der Waals surface area (Å²) in [7, 11) is 0. The maximum Gasteiger partial charge on any atom is 0.222 e. The third-order valence-electron chi connectivity index (χ3n) is 4.88. The number of nitrogens with zero attached hydrogens (tertiary/aromatic N) is 1. The molecule has 1 amide bonds. The zero-order valence-corrected chi connectivity index (χ0v) is 15.8. The van der Waals surface area contributed by atoms with Crippen molar-refractivity contribution in [3.05, 3.63) is 35.4 Å². The fourth-order valence-electron chi connectivity index (χ4n) is 3.29. The molecule has 0 aromatic heterocycles. The van der Waals surface area contributed by atoms with E-state index in [-0.39, 0.29) is 11.3 Å². The van der Waals surface area contributed by atoms with E-state index in [2.05, 4.69) is 45.0 Å². The minimum Gasteiger partial charge on any atom is -0.381 e. The number of piperidine rings is 1. The Kier molecular flexibility index (Phi) is 6.85. The van der Waals surface area contributed by atoms with Crippen LogP contribution in [0.3, 0.4) is 0 Å².